The molecule has 2 heterocycles. The number of rotatable bonds is 3. The third kappa shape index (κ3) is 2.10. The maximum Gasteiger partial charge on any atom is 0.108 e. The van der Waals surface area contributed by atoms with Crippen molar-refractivity contribution in [3.63, 3.8) is 0 Å². The Hall–Kier alpha value is -0.760. The van der Waals surface area contributed by atoms with Gasteiger partial charge in [0.25, 0.3) is 0 Å². The molecular weight excluding hydrogens is 186 g/mol. The Labute approximate surface area is 92.1 Å². The standard InChI is InChI=1S/C13H21NO/c1-4-10-6-7-13(15-10)11-8-9(3)14-12(11)5-2/h6-7,9,11-12,14H,4-5,8H2,1-3H3. The van der Waals surface area contributed by atoms with Crippen LogP contribution in [0.15, 0.2) is 16.5 Å². The van der Waals surface area contributed by atoms with E-state index >= 15 is 0 Å². The maximum atomic E-state index is 5.86. The van der Waals surface area contributed by atoms with E-state index in [1.54, 1.807) is 0 Å². The molecule has 3 atom stereocenters. The van der Waals surface area contributed by atoms with Gasteiger partial charge in [0.1, 0.15) is 11.5 Å². The molecule has 1 aliphatic heterocycles. The van der Waals surface area contributed by atoms with E-state index in [0.29, 0.717) is 18.0 Å². The van der Waals surface area contributed by atoms with Crippen LogP contribution in [0.3, 0.4) is 0 Å². The Kier molecular flexibility index (Phi) is 3.15. The molecule has 1 saturated heterocycles. The van der Waals surface area contributed by atoms with E-state index in [9.17, 15) is 0 Å². The lowest BCUT2D eigenvalue weighted by Crippen LogP contribution is -2.28. The van der Waals surface area contributed by atoms with Gasteiger partial charge in [-0.3, -0.25) is 0 Å². The van der Waals surface area contributed by atoms with Gasteiger partial charge in [-0.2, -0.15) is 0 Å². The zero-order chi connectivity index (χ0) is 10.8. The fourth-order valence-electron chi connectivity index (χ4n) is 2.60. The highest BCUT2D eigenvalue weighted by Crippen LogP contribution is 2.33. The lowest BCUT2D eigenvalue weighted by molar-refractivity contribution is 0.404. The van der Waals surface area contributed by atoms with Crippen molar-refractivity contribution in [1.29, 1.82) is 0 Å². The molecule has 2 heteroatoms. The van der Waals surface area contributed by atoms with E-state index < -0.39 is 0 Å². The van der Waals surface area contributed by atoms with Crippen molar-refractivity contribution in [2.45, 2.75) is 58.0 Å². The molecule has 1 aromatic heterocycles. The summed E-state index contributed by atoms with van der Waals surface area (Å²) in [4.78, 5) is 0. The predicted molar refractivity (Wildman–Crippen MR) is 62.1 cm³/mol. The van der Waals surface area contributed by atoms with Crippen molar-refractivity contribution < 1.29 is 4.42 Å². The first-order valence-corrected chi connectivity index (χ1v) is 6.09. The Bertz CT molecular complexity index is 318. The highest BCUT2D eigenvalue weighted by molar-refractivity contribution is 5.16. The Morgan fingerprint density at radius 3 is 2.80 bits per heavy atom. The van der Waals surface area contributed by atoms with Crippen LogP contribution in [0.4, 0.5) is 0 Å². The largest absolute Gasteiger partial charge is 0.466 e. The summed E-state index contributed by atoms with van der Waals surface area (Å²) in [7, 11) is 0. The molecule has 2 nitrogen and oxygen atoms in total. The summed E-state index contributed by atoms with van der Waals surface area (Å²) in [5.41, 5.74) is 0. The fraction of sp³-hybridized carbons (Fsp3) is 0.692. The van der Waals surface area contributed by atoms with Gasteiger partial charge in [0.15, 0.2) is 0 Å². The number of hydrogen-bond donors (Lipinski definition) is 1. The molecule has 0 saturated carbocycles. The summed E-state index contributed by atoms with van der Waals surface area (Å²) in [5.74, 6) is 2.86. The van der Waals surface area contributed by atoms with Crippen molar-refractivity contribution in [3.8, 4) is 0 Å². The van der Waals surface area contributed by atoms with Gasteiger partial charge < -0.3 is 9.73 Å². The average Bonchev–Trinajstić information content (AvgIpc) is 2.82. The quantitative estimate of drug-likeness (QED) is 0.824. The number of hydrogen-bond acceptors (Lipinski definition) is 2. The molecule has 1 aromatic rings. The van der Waals surface area contributed by atoms with E-state index in [1.165, 1.54) is 18.6 Å². The molecule has 2 rings (SSSR count). The van der Waals surface area contributed by atoms with Crippen LogP contribution in [0.25, 0.3) is 0 Å². The molecule has 84 valence electrons. The monoisotopic (exact) mass is 207 g/mol. The first-order valence-electron chi connectivity index (χ1n) is 6.09. The van der Waals surface area contributed by atoms with Gasteiger partial charge in [-0.05, 0) is 31.9 Å². The molecule has 1 aliphatic rings. The van der Waals surface area contributed by atoms with Gasteiger partial charge in [-0.1, -0.05) is 13.8 Å². The van der Waals surface area contributed by atoms with E-state index in [0.717, 1.165) is 12.2 Å². The minimum absolute atomic E-state index is 0.574. The van der Waals surface area contributed by atoms with Crippen molar-refractivity contribution in [3.05, 3.63) is 23.7 Å². The first-order chi connectivity index (χ1) is 7.24. The highest BCUT2D eigenvalue weighted by Gasteiger charge is 2.33. The molecule has 0 aromatic carbocycles. The normalized spacial score (nSPS) is 31.0. The zero-order valence-corrected chi connectivity index (χ0v) is 9.92. The van der Waals surface area contributed by atoms with Crippen molar-refractivity contribution >= 4 is 0 Å². The van der Waals surface area contributed by atoms with Crippen LogP contribution in [-0.2, 0) is 6.42 Å². The highest BCUT2D eigenvalue weighted by atomic mass is 16.3. The molecule has 3 unspecified atom stereocenters. The maximum absolute atomic E-state index is 5.86. The van der Waals surface area contributed by atoms with E-state index in [4.69, 9.17) is 4.42 Å². The summed E-state index contributed by atoms with van der Waals surface area (Å²) in [6.07, 6.45) is 3.37. The Morgan fingerprint density at radius 2 is 2.20 bits per heavy atom. The summed E-state index contributed by atoms with van der Waals surface area (Å²) < 4.78 is 5.86. The number of aryl methyl sites for hydroxylation is 1. The van der Waals surface area contributed by atoms with Crippen LogP contribution >= 0.6 is 0 Å². The van der Waals surface area contributed by atoms with Gasteiger partial charge in [0, 0.05) is 24.4 Å². The van der Waals surface area contributed by atoms with Gasteiger partial charge in [-0.25, -0.2) is 0 Å². The van der Waals surface area contributed by atoms with Gasteiger partial charge >= 0.3 is 0 Å². The van der Waals surface area contributed by atoms with E-state index in [-0.39, 0.29) is 0 Å². The molecule has 0 bridgehead atoms. The predicted octanol–water partition coefficient (Wildman–Crippen LogP) is 3.09. The topological polar surface area (TPSA) is 25.2 Å². The average molecular weight is 207 g/mol. The molecule has 0 amide bonds. The van der Waals surface area contributed by atoms with Crippen LogP contribution in [-0.4, -0.2) is 12.1 Å². The molecule has 0 radical (unpaired) electrons. The summed E-state index contributed by atoms with van der Waals surface area (Å²) >= 11 is 0. The van der Waals surface area contributed by atoms with Gasteiger partial charge in [0.2, 0.25) is 0 Å². The van der Waals surface area contributed by atoms with Crippen molar-refractivity contribution in [2.75, 3.05) is 0 Å². The number of furan rings is 1. The molecule has 0 spiro atoms. The molecular formula is C13H21NO. The van der Waals surface area contributed by atoms with Gasteiger partial charge in [0.05, 0.1) is 0 Å². The first kappa shape index (κ1) is 10.7. The fourth-order valence-corrected chi connectivity index (χ4v) is 2.60. The smallest absolute Gasteiger partial charge is 0.108 e. The Balaban J connectivity index is 2.15. The van der Waals surface area contributed by atoms with Crippen LogP contribution in [0.5, 0.6) is 0 Å². The van der Waals surface area contributed by atoms with Crippen LogP contribution in [0, 0.1) is 0 Å². The minimum atomic E-state index is 0.574. The summed E-state index contributed by atoms with van der Waals surface area (Å²) in [6.45, 7) is 6.63. The molecule has 1 fully saturated rings. The van der Waals surface area contributed by atoms with Crippen LogP contribution in [0.1, 0.15) is 51.1 Å². The van der Waals surface area contributed by atoms with Gasteiger partial charge in [-0.15, -0.1) is 0 Å². The molecule has 1 N–H and O–H groups in total. The van der Waals surface area contributed by atoms with Crippen molar-refractivity contribution in [1.82, 2.24) is 5.32 Å². The summed E-state index contributed by atoms with van der Waals surface area (Å²) in [5, 5.41) is 3.62. The third-order valence-corrected chi connectivity index (χ3v) is 3.43. The third-order valence-electron chi connectivity index (χ3n) is 3.43. The number of nitrogens with one attached hydrogen (secondary N) is 1. The lowest BCUT2D eigenvalue weighted by atomic mass is 9.95. The molecule has 0 aliphatic carbocycles. The van der Waals surface area contributed by atoms with E-state index in [2.05, 4.69) is 38.2 Å². The minimum Gasteiger partial charge on any atom is -0.466 e. The van der Waals surface area contributed by atoms with Crippen molar-refractivity contribution in [2.24, 2.45) is 0 Å². The second-order valence-corrected chi connectivity index (χ2v) is 4.58. The van der Waals surface area contributed by atoms with Crippen LogP contribution in [0.2, 0.25) is 0 Å². The molecule has 15 heavy (non-hydrogen) atoms. The van der Waals surface area contributed by atoms with Crippen LogP contribution < -0.4 is 5.32 Å². The SMILES string of the molecule is CCc1ccc(C2CC(C)NC2CC)o1. The van der Waals surface area contributed by atoms with E-state index in [1.807, 2.05) is 0 Å². The second-order valence-electron chi connectivity index (χ2n) is 4.58. The zero-order valence-electron chi connectivity index (χ0n) is 9.92. The second kappa shape index (κ2) is 4.40. The lowest BCUT2D eigenvalue weighted by Gasteiger charge is -2.15. The Morgan fingerprint density at radius 1 is 1.40 bits per heavy atom. The summed E-state index contributed by atoms with van der Waals surface area (Å²) in [6, 6.07) is 5.49.